The molecule has 2 N–H and O–H groups in total. The van der Waals surface area contributed by atoms with Gasteiger partial charge >= 0.3 is 5.97 Å². The Labute approximate surface area is 176 Å². The van der Waals surface area contributed by atoms with Crippen LogP contribution in [0, 0.1) is 23.2 Å². The third kappa shape index (κ3) is 3.57. The Hall–Kier alpha value is -2.50. The zero-order chi connectivity index (χ0) is 20.9. The van der Waals surface area contributed by atoms with E-state index in [2.05, 4.69) is 12.2 Å². The monoisotopic (exact) mass is 411 g/mol. The summed E-state index contributed by atoms with van der Waals surface area (Å²) in [6, 6.07) is 4.87. The summed E-state index contributed by atoms with van der Waals surface area (Å²) < 4.78 is 10.6. The number of benzene rings is 1. The Morgan fingerprint density at radius 1 is 1.20 bits per heavy atom. The Morgan fingerprint density at radius 3 is 2.53 bits per heavy atom. The first-order valence-electron chi connectivity index (χ1n) is 11.0. The maximum absolute atomic E-state index is 12.5. The number of phenolic OH excluding ortho intramolecular Hbond substituents is 1. The van der Waals surface area contributed by atoms with E-state index in [-0.39, 0.29) is 36.1 Å². The lowest BCUT2D eigenvalue weighted by atomic mass is 9.48. The molecule has 6 rings (SSSR count). The van der Waals surface area contributed by atoms with Gasteiger partial charge in [0.2, 0.25) is 0 Å². The highest BCUT2D eigenvalue weighted by Crippen LogP contribution is 2.61. The van der Waals surface area contributed by atoms with Gasteiger partial charge in [0, 0.05) is 23.1 Å². The fraction of sp³-hybridized carbons (Fsp3) is 0.583. The van der Waals surface area contributed by atoms with Crippen molar-refractivity contribution in [3.63, 3.8) is 0 Å². The Kier molecular flexibility index (Phi) is 4.75. The zero-order valence-corrected chi connectivity index (χ0v) is 17.4. The molecule has 4 aliphatic carbocycles. The highest BCUT2D eigenvalue weighted by Gasteiger charge is 2.53. The fourth-order valence-corrected chi connectivity index (χ4v) is 6.71. The number of fused-ring (bicyclic) bond motifs is 1. The molecule has 1 heterocycles. The first-order chi connectivity index (χ1) is 14.4. The summed E-state index contributed by atoms with van der Waals surface area (Å²) in [6.07, 6.45) is 9.31. The van der Waals surface area contributed by atoms with E-state index in [1.54, 1.807) is 12.1 Å². The van der Waals surface area contributed by atoms with Crippen LogP contribution in [0.2, 0.25) is 0 Å². The van der Waals surface area contributed by atoms with Crippen LogP contribution < -0.4 is 5.32 Å². The Balaban J connectivity index is 1.14. The van der Waals surface area contributed by atoms with Crippen molar-refractivity contribution >= 4 is 22.8 Å². The molecule has 2 aromatic rings. The van der Waals surface area contributed by atoms with Crippen molar-refractivity contribution in [1.29, 1.82) is 0 Å². The van der Waals surface area contributed by atoms with E-state index < -0.39 is 5.97 Å². The number of nitrogens with one attached hydrogen (secondary N) is 1. The molecule has 1 atom stereocenters. The highest BCUT2D eigenvalue weighted by atomic mass is 16.5. The largest absolute Gasteiger partial charge is 0.508 e. The van der Waals surface area contributed by atoms with Crippen molar-refractivity contribution in [3.8, 4) is 5.75 Å². The summed E-state index contributed by atoms with van der Waals surface area (Å²) >= 11 is 0. The molecule has 4 saturated carbocycles. The molecule has 0 radical (unpaired) electrons. The SMILES string of the molecule is C[C@@H](NC(=O)COC(=O)Cc1coc2cc(O)ccc12)C12CC3CC(CC(C3)C1)C2. The van der Waals surface area contributed by atoms with Crippen LogP contribution >= 0.6 is 0 Å². The molecule has 1 amide bonds. The van der Waals surface area contributed by atoms with E-state index >= 15 is 0 Å². The summed E-state index contributed by atoms with van der Waals surface area (Å²) in [7, 11) is 0. The second kappa shape index (κ2) is 7.33. The lowest BCUT2D eigenvalue weighted by Gasteiger charge is -2.59. The average Bonchev–Trinajstić information content (AvgIpc) is 3.07. The number of carbonyl (C=O) groups excluding carboxylic acids is 2. The molecule has 6 nitrogen and oxygen atoms in total. The molecule has 1 aromatic heterocycles. The number of hydrogen-bond donors (Lipinski definition) is 2. The third-order valence-electron chi connectivity index (χ3n) is 7.72. The van der Waals surface area contributed by atoms with Gasteiger partial charge in [0.1, 0.15) is 11.3 Å². The van der Waals surface area contributed by atoms with Crippen LogP contribution in [-0.4, -0.2) is 29.6 Å². The van der Waals surface area contributed by atoms with Crippen LogP contribution in [-0.2, 0) is 20.7 Å². The summed E-state index contributed by atoms with van der Waals surface area (Å²) in [5.41, 5.74) is 1.42. The van der Waals surface area contributed by atoms with Crippen LogP contribution in [0.25, 0.3) is 11.0 Å². The van der Waals surface area contributed by atoms with Gasteiger partial charge in [0.05, 0.1) is 12.7 Å². The summed E-state index contributed by atoms with van der Waals surface area (Å²) in [5, 5.41) is 13.4. The van der Waals surface area contributed by atoms with Gasteiger partial charge in [-0.25, -0.2) is 0 Å². The number of furan rings is 1. The number of rotatable bonds is 6. The molecule has 0 saturated heterocycles. The zero-order valence-electron chi connectivity index (χ0n) is 17.4. The van der Waals surface area contributed by atoms with Crippen molar-refractivity contribution in [2.75, 3.05) is 6.61 Å². The number of carbonyl (C=O) groups is 2. The van der Waals surface area contributed by atoms with Crippen LogP contribution in [0.15, 0.2) is 28.9 Å². The maximum atomic E-state index is 12.5. The number of aromatic hydroxyl groups is 1. The summed E-state index contributed by atoms with van der Waals surface area (Å²) in [5.74, 6) is 1.91. The molecule has 1 aromatic carbocycles. The average molecular weight is 411 g/mol. The minimum atomic E-state index is -0.469. The van der Waals surface area contributed by atoms with Gasteiger partial charge in [-0.1, -0.05) is 0 Å². The number of amides is 1. The van der Waals surface area contributed by atoms with Gasteiger partial charge in [-0.05, 0) is 80.8 Å². The van der Waals surface area contributed by atoms with E-state index in [0.717, 1.165) is 23.1 Å². The van der Waals surface area contributed by atoms with Gasteiger partial charge in [-0.3, -0.25) is 9.59 Å². The van der Waals surface area contributed by atoms with Crippen molar-refractivity contribution in [1.82, 2.24) is 5.32 Å². The number of ether oxygens (including phenoxy) is 1. The van der Waals surface area contributed by atoms with E-state index in [1.165, 1.54) is 50.9 Å². The van der Waals surface area contributed by atoms with Crippen LogP contribution in [0.4, 0.5) is 0 Å². The van der Waals surface area contributed by atoms with Gasteiger partial charge in [-0.15, -0.1) is 0 Å². The topological polar surface area (TPSA) is 88.8 Å². The van der Waals surface area contributed by atoms with E-state index in [0.29, 0.717) is 11.1 Å². The predicted molar refractivity (Wildman–Crippen MR) is 111 cm³/mol. The molecule has 0 spiro atoms. The van der Waals surface area contributed by atoms with Gasteiger partial charge in [-0.2, -0.15) is 0 Å². The Bertz CT molecular complexity index is 942. The normalized spacial score (nSPS) is 30.4. The van der Waals surface area contributed by atoms with E-state index in [9.17, 15) is 14.7 Å². The number of esters is 1. The standard InChI is InChI=1S/C24H29NO5/c1-14(24-9-15-4-16(10-24)6-17(5-15)11-24)25-22(27)13-30-23(28)7-18-12-29-21-8-19(26)2-3-20(18)21/h2-3,8,12,14-17,26H,4-7,9-11,13H2,1H3,(H,25,27)/t14-,15?,16?,17?,24?/m1/s1. The molecule has 6 heteroatoms. The minimum absolute atomic E-state index is 0.0234. The second-order valence-electron chi connectivity index (χ2n) is 9.85. The van der Waals surface area contributed by atoms with Crippen molar-refractivity contribution in [2.45, 2.75) is 57.9 Å². The third-order valence-corrected chi connectivity index (χ3v) is 7.72. The predicted octanol–water partition coefficient (Wildman–Crippen LogP) is 3.95. The highest BCUT2D eigenvalue weighted by molar-refractivity contribution is 5.87. The smallest absolute Gasteiger partial charge is 0.310 e. The molecule has 4 fully saturated rings. The first kappa shape index (κ1) is 19.5. The lowest BCUT2D eigenvalue weighted by molar-refractivity contribution is -0.148. The van der Waals surface area contributed by atoms with Gasteiger partial charge in [0.15, 0.2) is 6.61 Å². The molecule has 4 bridgehead atoms. The second-order valence-corrected chi connectivity index (χ2v) is 9.85. The first-order valence-corrected chi connectivity index (χ1v) is 11.0. The van der Waals surface area contributed by atoms with Crippen molar-refractivity contribution in [3.05, 3.63) is 30.0 Å². The van der Waals surface area contributed by atoms with Crippen molar-refractivity contribution in [2.24, 2.45) is 23.2 Å². The molecule has 160 valence electrons. The molecule has 0 aliphatic heterocycles. The number of phenols is 1. The van der Waals surface area contributed by atoms with E-state index in [4.69, 9.17) is 9.15 Å². The molecular weight excluding hydrogens is 382 g/mol. The summed E-state index contributed by atoms with van der Waals surface area (Å²) in [4.78, 5) is 24.7. The van der Waals surface area contributed by atoms with Gasteiger partial charge < -0.3 is 19.6 Å². The lowest BCUT2D eigenvalue weighted by Crippen LogP contribution is -2.56. The Morgan fingerprint density at radius 2 is 1.87 bits per heavy atom. The summed E-state index contributed by atoms with van der Waals surface area (Å²) in [6.45, 7) is 1.87. The van der Waals surface area contributed by atoms with Crippen LogP contribution in [0.3, 0.4) is 0 Å². The number of hydrogen-bond acceptors (Lipinski definition) is 5. The van der Waals surface area contributed by atoms with E-state index in [1.807, 2.05) is 0 Å². The van der Waals surface area contributed by atoms with Gasteiger partial charge in [0.25, 0.3) is 5.91 Å². The quantitative estimate of drug-likeness (QED) is 0.703. The maximum Gasteiger partial charge on any atom is 0.310 e. The molecule has 0 unspecified atom stereocenters. The molecular formula is C24H29NO5. The van der Waals surface area contributed by atoms with Crippen molar-refractivity contribution < 1.29 is 23.8 Å². The minimum Gasteiger partial charge on any atom is -0.508 e. The van der Waals surface area contributed by atoms with Crippen LogP contribution in [0.1, 0.15) is 51.0 Å². The van der Waals surface area contributed by atoms with Crippen LogP contribution in [0.5, 0.6) is 5.75 Å². The molecule has 4 aliphatic rings. The molecule has 30 heavy (non-hydrogen) atoms. The fourth-order valence-electron chi connectivity index (χ4n) is 6.71.